The topological polar surface area (TPSA) is 51.2 Å². The highest BCUT2D eigenvalue weighted by atomic mass is 79.9. The Morgan fingerprint density at radius 1 is 1.32 bits per heavy atom. The second-order valence-electron chi connectivity index (χ2n) is 3.88. The summed E-state index contributed by atoms with van der Waals surface area (Å²) in [5.41, 5.74) is 1.51. The smallest absolute Gasteiger partial charge is 0.255 e. The molecule has 0 unspecified atom stereocenters. The number of methoxy groups -OCH3 is 1. The van der Waals surface area contributed by atoms with Gasteiger partial charge in [-0.1, -0.05) is 15.9 Å². The minimum absolute atomic E-state index is 0.166. The van der Waals surface area contributed by atoms with Crippen LogP contribution in [0.4, 0.5) is 0 Å². The number of rotatable bonds is 4. The maximum absolute atomic E-state index is 12.1. The molecule has 0 bridgehead atoms. The molecule has 1 N–H and O–H groups in total. The van der Waals surface area contributed by atoms with Gasteiger partial charge in [-0.05, 0) is 35.9 Å². The largest absolute Gasteiger partial charge is 0.496 e. The molecule has 1 aromatic heterocycles. The van der Waals surface area contributed by atoms with Crippen LogP contribution in [0, 0.1) is 0 Å². The van der Waals surface area contributed by atoms with Crippen molar-refractivity contribution in [3.8, 4) is 5.75 Å². The van der Waals surface area contributed by atoms with Gasteiger partial charge >= 0.3 is 0 Å². The van der Waals surface area contributed by atoms with E-state index in [1.807, 2.05) is 18.2 Å². The van der Waals surface area contributed by atoms with Crippen LogP contribution < -0.4 is 10.1 Å². The molecule has 1 amide bonds. The van der Waals surface area contributed by atoms with Gasteiger partial charge in [0.15, 0.2) is 0 Å². The van der Waals surface area contributed by atoms with Crippen molar-refractivity contribution in [3.05, 3.63) is 58.3 Å². The number of nitrogens with one attached hydrogen (secondary N) is 1. The Labute approximate surface area is 119 Å². The van der Waals surface area contributed by atoms with Crippen molar-refractivity contribution in [2.24, 2.45) is 0 Å². The van der Waals surface area contributed by atoms with E-state index in [1.165, 1.54) is 0 Å². The molecule has 2 aromatic rings. The number of amides is 1. The average molecular weight is 321 g/mol. The predicted molar refractivity (Wildman–Crippen MR) is 76.1 cm³/mol. The fourth-order valence-corrected chi connectivity index (χ4v) is 1.97. The van der Waals surface area contributed by atoms with Gasteiger partial charge in [0.1, 0.15) is 5.75 Å². The van der Waals surface area contributed by atoms with Crippen LogP contribution in [0.5, 0.6) is 5.75 Å². The van der Waals surface area contributed by atoms with Gasteiger partial charge in [0.25, 0.3) is 5.91 Å². The zero-order valence-electron chi connectivity index (χ0n) is 10.4. The maximum atomic E-state index is 12.1. The lowest BCUT2D eigenvalue weighted by Crippen LogP contribution is -2.23. The van der Waals surface area contributed by atoms with E-state index in [1.54, 1.807) is 31.6 Å². The molecule has 0 aliphatic heterocycles. The minimum atomic E-state index is -0.166. The van der Waals surface area contributed by atoms with E-state index >= 15 is 0 Å². The molecule has 1 aromatic carbocycles. The van der Waals surface area contributed by atoms with Crippen LogP contribution in [-0.2, 0) is 6.54 Å². The third-order valence-electron chi connectivity index (χ3n) is 2.61. The fraction of sp³-hybridized carbons (Fsp3) is 0.143. The Morgan fingerprint density at radius 3 is 2.74 bits per heavy atom. The van der Waals surface area contributed by atoms with Gasteiger partial charge in [-0.2, -0.15) is 0 Å². The lowest BCUT2D eigenvalue weighted by molar-refractivity contribution is 0.0948. The summed E-state index contributed by atoms with van der Waals surface area (Å²) in [6.45, 7) is 0.459. The number of hydrogen-bond donors (Lipinski definition) is 1. The zero-order chi connectivity index (χ0) is 13.7. The summed E-state index contributed by atoms with van der Waals surface area (Å²) in [6, 6.07) is 9.02. The number of pyridine rings is 1. The van der Waals surface area contributed by atoms with Gasteiger partial charge < -0.3 is 10.1 Å². The number of benzene rings is 1. The van der Waals surface area contributed by atoms with E-state index < -0.39 is 0 Å². The lowest BCUT2D eigenvalue weighted by atomic mass is 10.2. The molecule has 2 rings (SSSR count). The Balaban J connectivity index is 2.08. The van der Waals surface area contributed by atoms with Gasteiger partial charge in [0.05, 0.1) is 12.7 Å². The Kier molecular flexibility index (Phi) is 4.52. The predicted octanol–water partition coefficient (Wildman–Crippen LogP) is 2.78. The summed E-state index contributed by atoms with van der Waals surface area (Å²) in [7, 11) is 1.54. The second kappa shape index (κ2) is 6.33. The first-order chi connectivity index (χ1) is 9.20. The first-order valence-corrected chi connectivity index (χ1v) is 6.50. The molecule has 0 saturated heterocycles. The van der Waals surface area contributed by atoms with Gasteiger partial charge in [-0.3, -0.25) is 9.78 Å². The number of nitrogens with zero attached hydrogens (tertiary/aromatic N) is 1. The highest BCUT2D eigenvalue weighted by Gasteiger charge is 2.12. The van der Waals surface area contributed by atoms with Gasteiger partial charge in [-0.25, -0.2) is 0 Å². The number of halogens is 1. The minimum Gasteiger partial charge on any atom is -0.496 e. The van der Waals surface area contributed by atoms with Gasteiger partial charge in [0, 0.05) is 23.4 Å². The molecule has 0 radical (unpaired) electrons. The molecule has 5 heteroatoms. The van der Waals surface area contributed by atoms with Crippen LogP contribution in [0.1, 0.15) is 15.9 Å². The first kappa shape index (κ1) is 13.5. The monoisotopic (exact) mass is 320 g/mol. The van der Waals surface area contributed by atoms with E-state index in [0.717, 1.165) is 10.0 Å². The number of hydrogen-bond acceptors (Lipinski definition) is 3. The molecule has 0 fully saturated rings. The molecule has 0 saturated carbocycles. The Hall–Kier alpha value is -1.88. The van der Waals surface area contributed by atoms with Crippen molar-refractivity contribution in [1.29, 1.82) is 0 Å². The fourth-order valence-electron chi connectivity index (χ4n) is 1.63. The van der Waals surface area contributed by atoms with Crippen LogP contribution in [0.25, 0.3) is 0 Å². The lowest BCUT2D eigenvalue weighted by Gasteiger charge is -2.09. The standard InChI is InChI=1S/C14H13BrN2O2/c1-19-13-8-11(15)2-3-12(13)14(18)17-9-10-4-6-16-7-5-10/h2-8H,9H2,1H3,(H,17,18). The van der Waals surface area contributed by atoms with Crippen LogP contribution >= 0.6 is 15.9 Å². The normalized spacial score (nSPS) is 10.0. The van der Waals surface area contributed by atoms with Crippen LogP contribution in [-0.4, -0.2) is 18.0 Å². The molecule has 19 heavy (non-hydrogen) atoms. The van der Waals surface area contributed by atoms with Crippen molar-refractivity contribution in [2.45, 2.75) is 6.54 Å². The molecule has 0 atom stereocenters. The van der Waals surface area contributed by atoms with E-state index in [-0.39, 0.29) is 5.91 Å². The molecule has 1 heterocycles. The quantitative estimate of drug-likeness (QED) is 0.942. The second-order valence-corrected chi connectivity index (χ2v) is 4.80. The molecular formula is C14H13BrN2O2. The van der Waals surface area contributed by atoms with E-state index in [4.69, 9.17) is 4.74 Å². The van der Waals surface area contributed by atoms with Crippen molar-refractivity contribution in [1.82, 2.24) is 10.3 Å². The first-order valence-electron chi connectivity index (χ1n) is 5.71. The van der Waals surface area contributed by atoms with Crippen LogP contribution in [0.3, 0.4) is 0 Å². The van der Waals surface area contributed by atoms with E-state index in [9.17, 15) is 4.79 Å². The number of carbonyl (C=O) groups excluding carboxylic acids is 1. The molecule has 4 nitrogen and oxygen atoms in total. The summed E-state index contributed by atoms with van der Waals surface area (Å²) in [5.74, 6) is 0.378. The van der Waals surface area contributed by atoms with Crippen LogP contribution in [0.15, 0.2) is 47.2 Å². The van der Waals surface area contributed by atoms with Crippen molar-refractivity contribution in [2.75, 3.05) is 7.11 Å². The summed E-state index contributed by atoms with van der Waals surface area (Å²) in [4.78, 5) is 16.0. The highest BCUT2D eigenvalue weighted by molar-refractivity contribution is 9.10. The molecular weight excluding hydrogens is 308 g/mol. The molecule has 0 spiro atoms. The average Bonchev–Trinajstić information content (AvgIpc) is 2.45. The number of carbonyl (C=O) groups is 1. The summed E-state index contributed by atoms with van der Waals surface area (Å²) in [6.07, 6.45) is 3.39. The highest BCUT2D eigenvalue weighted by Crippen LogP contribution is 2.23. The van der Waals surface area contributed by atoms with Crippen molar-refractivity contribution < 1.29 is 9.53 Å². The van der Waals surface area contributed by atoms with Crippen molar-refractivity contribution in [3.63, 3.8) is 0 Å². The third-order valence-corrected chi connectivity index (χ3v) is 3.10. The van der Waals surface area contributed by atoms with E-state index in [2.05, 4.69) is 26.2 Å². The van der Waals surface area contributed by atoms with Crippen LogP contribution in [0.2, 0.25) is 0 Å². The zero-order valence-corrected chi connectivity index (χ0v) is 12.0. The number of aromatic nitrogens is 1. The SMILES string of the molecule is COc1cc(Br)ccc1C(=O)NCc1ccncc1. The summed E-state index contributed by atoms with van der Waals surface area (Å²) < 4.78 is 6.07. The van der Waals surface area contributed by atoms with Gasteiger partial charge in [-0.15, -0.1) is 0 Å². The summed E-state index contributed by atoms with van der Waals surface area (Å²) in [5, 5.41) is 2.85. The van der Waals surface area contributed by atoms with E-state index in [0.29, 0.717) is 17.9 Å². The van der Waals surface area contributed by atoms with Gasteiger partial charge in [0.2, 0.25) is 0 Å². The molecule has 98 valence electrons. The Morgan fingerprint density at radius 2 is 2.05 bits per heavy atom. The maximum Gasteiger partial charge on any atom is 0.255 e. The van der Waals surface area contributed by atoms with Crippen molar-refractivity contribution >= 4 is 21.8 Å². The Bertz CT molecular complexity index is 573. The molecule has 0 aliphatic carbocycles. The molecule has 0 aliphatic rings. The number of ether oxygens (including phenoxy) is 1. The third kappa shape index (κ3) is 3.54. The summed E-state index contributed by atoms with van der Waals surface area (Å²) >= 11 is 3.34.